The summed E-state index contributed by atoms with van der Waals surface area (Å²) in [5.74, 6) is -0.400. The van der Waals surface area contributed by atoms with E-state index in [1.54, 1.807) is 35.1 Å². The zero-order valence-corrected chi connectivity index (χ0v) is 15.6. The summed E-state index contributed by atoms with van der Waals surface area (Å²) in [5, 5.41) is 9.89. The number of benzene rings is 2. The minimum absolute atomic E-state index is 0.0856. The number of nitrogens with one attached hydrogen (secondary N) is 2. The van der Waals surface area contributed by atoms with Crippen molar-refractivity contribution in [3.05, 3.63) is 78.1 Å². The van der Waals surface area contributed by atoms with Crippen molar-refractivity contribution in [1.29, 1.82) is 0 Å². The maximum atomic E-state index is 13.7. The molecule has 1 aromatic heterocycles. The Bertz CT molecular complexity index is 1120. The highest BCUT2D eigenvalue weighted by Gasteiger charge is 2.19. The molecular weight excluding hydrogens is 371 g/mol. The number of amides is 2. The summed E-state index contributed by atoms with van der Waals surface area (Å²) in [4.78, 5) is 23.5. The third kappa shape index (κ3) is 3.67. The monoisotopic (exact) mass is 390 g/mol. The summed E-state index contributed by atoms with van der Waals surface area (Å²) in [6.07, 6.45) is 3.68. The van der Waals surface area contributed by atoms with Gasteiger partial charge < -0.3 is 10.6 Å². The number of alkyl halides is 1. The Morgan fingerprint density at radius 2 is 2.14 bits per heavy atom. The zero-order chi connectivity index (χ0) is 20.4. The zero-order valence-electron chi connectivity index (χ0n) is 15.6. The van der Waals surface area contributed by atoms with Crippen LogP contribution in [-0.2, 0) is 17.9 Å². The second-order valence-electron chi connectivity index (χ2n) is 6.69. The highest BCUT2D eigenvalue weighted by atomic mass is 19.1. The van der Waals surface area contributed by atoms with Crippen LogP contribution in [0.2, 0.25) is 0 Å². The van der Waals surface area contributed by atoms with Crippen LogP contribution in [0.15, 0.2) is 61.3 Å². The summed E-state index contributed by atoms with van der Waals surface area (Å²) < 4.78 is 15.3. The van der Waals surface area contributed by atoms with Crippen molar-refractivity contribution in [2.75, 3.05) is 11.9 Å². The van der Waals surface area contributed by atoms with Gasteiger partial charge in [-0.1, -0.05) is 24.8 Å². The van der Waals surface area contributed by atoms with Crippen molar-refractivity contribution in [3.8, 4) is 16.8 Å². The summed E-state index contributed by atoms with van der Waals surface area (Å²) >= 11 is 0. The van der Waals surface area contributed by atoms with Crippen LogP contribution in [0.3, 0.4) is 0 Å². The van der Waals surface area contributed by atoms with Gasteiger partial charge in [-0.05, 0) is 47.9 Å². The lowest BCUT2D eigenvalue weighted by atomic mass is 9.95. The second kappa shape index (κ2) is 7.71. The minimum Gasteiger partial charge on any atom is -0.352 e. The largest absolute Gasteiger partial charge is 0.352 e. The number of hydrogen-bond acceptors (Lipinski definition) is 3. The van der Waals surface area contributed by atoms with Crippen LogP contribution >= 0.6 is 0 Å². The molecule has 2 amide bonds. The van der Waals surface area contributed by atoms with Gasteiger partial charge in [0.2, 0.25) is 5.91 Å². The number of carbonyl (C=O) groups excluding carboxylic acids is 2. The molecule has 0 radical (unpaired) electrons. The first kappa shape index (κ1) is 18.6. The van der Waals surface area contributed by atoms with Gasteiger partial charge in [0.15, 0.2) is 0 Å². The Balaban J connectivity index is 1.71. The molecule has 0 atom stereocenters. The fourth-order valence-corrected chi connectivity index (χ4v) is 3.40. The molecule has 1 aliphatic rings. The van der Waals surface area contributed by atoms with Gasteiger partial charge in [0.1, 0.15) is 12.4 Å². The lowest BCUT2D eigenvalue weighted by molar-refractivity contribution is -0.111. The molecule has 3 aromatic rings. The van der Waals surface area contributed by atoms with Gasteiger partial charge in [-0.3, -0.25) is 9.59 Å². The van der Waals surface area contributed by atoms with Crippen LogP contribution in [0.5, 0.6) is 0 Å². The van der Waals surface area contributed by atoms with Crippen molar-refractivity contribution in [2.45, 2.75) is 13.1 Å². The molecule has 1 aliphatic heterocycles. The average Bonchev–Trinajstić information content (AvgIpc) is 3.18. The maximum Gasteiger partial charge on any atom is 0.251 e. The van der Waals surface area contributed by atoms with Gasteiger partial charge in [-0.15, -0.1) is 0 Å². The third-order valence-corrected chi connectivity index (χ3v) is 4.82. The molecule has 2 aromatic carbocycles. The van der Waals surface area contributed by atoms with Crippen molar-refractivity contribution in [2.24, 2.45) is 0 Å². The van der Waals surface area contributed by atoms with Gasteiger partial charge in [0.25, 0.3) is 5.91 Å². The molecule has 0 unspecified atom stereocenters. The lowest BCUT2D eigenvalue weighted by Gasteiger charge is -2.17. The van der Waals surface area contributed by atoms with E-state index in [1.165, 1.54) is 6.08 Å². The predicted octanol–water partition coefficient (Wildman–Crippen LogP) is 3.42. The average molecular weight is 390 g/mol. The molecule has 7 heteroatoms. The Morgan fingerprint density at radius 1 is 1.28 bits per heavy atom. The van der Waals surface area contributed by atoms with E-state index in [4.69, 9.17) is 0 Å². The highest BCUT2D eigenvalue weighted by molar-refractivity contribution is 5.99. The van der Waals surface area contributed by atoms with Crippen LogP contribution in [0.1, 0.15) is 21.6 Å². The van der Waals surface area contributed by atoms with E-state index in [-0.39, 0.29) is 11.8 Å². The summed E-state index contributed by atoms with van der Waals surface area (Å²) in [6, 6.07) is 12.6. The van der Waals surface area contributed by atoms with Crippen molar-refractivity contribution in [1.82, 2.24) is 15.1 Å². The summed E-state index contributed by atoms with van der Waals surface area (Å²) in [6.45, 7) is 3.31. The number of anilines is 1. The number of nitrogens with zero attached hydrogens (tertiary/aromatic N) is 2. The Hall–Kier alpha value is -3.74. The first-order valence-corrected chi connectivity index (χ1v) is 9.19. The molecular formula is C22H19FN4O2. The number of hydrogen-bond donors (Lipinski definition) is 2. The molecule has 0 saturated heterocycles. The SMILES string of the molecule is C=CC(=O)Nc1cccc(-n2cc(-c3ccc4c(c3)CCNC4=O)c(CF)n2)c1. The van der Waals surface area contributed by atoms with E-state index in [2.05, 4.69) is 22.3 Å². The van der Waals surface area contributed by atoms with Crippen LogP contribution in [0, 0.1) is 0 Å². The molecule has 0 spiro atoms. The number of rotatable bonds is 5. The number of fused-ring (bicyclic) bond motifs is 1. The first-order valence-electron chi connectivity index (χ1n) is 9.19. The third-order valence-electron chi connectivity index (χ3n) is 4.82. The standard InChI is InChI=1S/C22H19FN4O2/c1-2-21(28)25-16-4-3-5-17(11-16)27-13-19(20(12-23)26-27)14-6-7-18-15(10-14)8-9-24-22(18)29/h2-7,10-11,13H,1,8-9,12H2,(H,24,29)(H,25,28). The summed E-state index contributed by atoms with van der Waals surface area (Å²) in [7, 11) is 0. The Kier molecular flexibility index (Phi) is 4.95. The van der Waals surface area contributed by atoms with Crippen molar-refractivity contribution in [3.63, 3.8) is 0 Å². The van der Waals surface area contributed by atoms with Crippen LogP contribution in [-0.4, -0.2) is 28.1 Å². The van der Waals surface area contributed by atoms with Crippen LogP contribution in [0.25, 0.3) is 16.8 Å². The van der Waals surface area contributed by atoms with Crippen molar-refractivity contribution >= 4 is 17.5 Å². The fraction of sp³-hybridized carbons (Fsp3) is 0.136. The molecule has 0 fully saturated rings. The van der Waals surface area contributed by atoms with Gasteiger partial charge in [-0.2, -0.15) is 5.10 Å². The molecule has 0 saturated carbocycles. The fourth-order valence-electron chi connectivity index (χ4n) is 3.40. The normalized spacial score (nSPS) is 12.8. The molecule has 2 N–H and O–H groups in total. The number of carbonyl (C=O) groups is 2. The van der Waals surface area contributed by atoms with Gasteiger partial charge in [-0.25, -0.2) is 9.07 Å². The second-order valence-corrected chi connectivity index (χ2v) is 6.69. The van der Waals surface area contributed by atoms with Gasteiger partial charge in [0, 0.05) is 29.6 Å². The lowest BCUT2D eigenvalue weighted by Crippen LogP contribution is -2.31. The Labute approximate surface area is 167 Å². The van der Waals surface area contributed by atoms with E-state index in [0.29, 0.717) is 34.7 Å². The van der Waals surface area contributed by atoms with E-state index in [1.807, 2.05) is 18.2 Å². The van der Waals surface area contributed by atoms with E-state index in [0.717, 1.165) is 17.5 Å². The van der Waals surface area contributed by atoms with Crippen LogP contribution in [0.4, 0.5) is 10.1 Å². The highest BCUT2D eigenvalue weighted by Crippen LogP contribution is 2.29. The number of halogens is 1. The first-order chi connectivity index (χ1) is 14.1. The molecule has 6 nitrogen and oxygen atoms in total. The Morgan fingerprint density at radius 3 is 2.93 bits per heavy atom. The predicted molar refractivity (Wildman–Crippen MR) is 109 cm³/mol. The maximum absolute atomic E-state index is 13.7. The van der Waals surface area contributed by atoms with Crippen LogP contribution < -0.4 is 10.6 Å². The number of aromatic nitrogens is 2. The molecule has 29 heavy (non-hydrogen) atoms. The molecule has 2 heterocycles. The molecule has 0 bridgehead atoms. The van der Waals surface area contributed by atoms with E-state index < -0.39 is 6.67 Å². The van der Waals surface area contributed by atoms with Gasteiger partial charge in [0.05, 0.1) is 5.69 Å². The topological polar surface area (TPSA) is 76.0 Å². The molecule has 4 rings (SSSR count). The summed E-state index contributed by atoms with van der Waals surface area (Å²) in [5.41, 5.74) is 4.66. The molecule has 0 aliphatic carbocycles. The smallest absolute Gasteiger partial charge is 0.251 e. The quantitative estimate of drug-likeness (QED) is 0.656. The minimum atomic E-state index is -0.715. The van der Waals surface area contributed by atoms with E-state index in [9.17, 15) is 14.0 Å². The van der Waals surface area contributed by atoms with E-state index >= 15 is 0 Å². The van der Waals surface area contributed by atoms with Crippen molar-refractivity contribution < 1.29 is 14.0 Å². The van der Waals surface area contributed by atoms with Gasteiger partial charge >= 0.3 is 0 Å². The molecule has 146 valence electrons.